The van der Waals surface area contributed by atoms with Gasteiger partial charge < -0.3 is 16.2 Å². The zero-order valence-corrected chi connectivity index (χ0v) is 9.93. The van der Waals surface area contributed by atoms with Crippen molar-refractivity contribution in [2.75, 3.05) is 24.2 Å². The summed E-state index contributed by atoms with van der Waals surface area (Å²) in [6, 6.07) is 4.28. The van der Waals surface area contributed by atoms with E-state index in [1.54, 1.807) is 6.07 Å². The van der Waals surface area contributed by atoms with E-state index < -0.39 is 4.92 Å². The molecule has 6 nitrogen and oxygen atoms in total. The van der Waals surface area contributed by atoms with Crippen LogP contribution in [0.15, 0.2) is 18.2 Å². The van der Waals surface area contributed by atoms with Gasteiger partial charge in [-0.3, -0.25) is 10.1 Å². The van der Waals surface area contributed by atoms with Crippen LogP contribution in [-0.2, 0) is 0 Å². The molecule has 0 saturated carbocycles. The van der Waals surface area contributed by atoms with Crippen molar-refractivity contribution in [3.8, 4) is 0 Å². The first-order valence-electron chi connectivity index (χ1n) is 5.24. The van der Waals surface area contributed by atoms with Gasteiger partial charge in [0.1, 0.15) is 0 Å². The minimum Gasteiger partial charge on any atom is -0.397 e. The Balaban J connectivity index is 2.77. The third kappa shape index (κ3) is 3.60. The molecule has 0 aliphatic heterocycles. The molecule has 0 aliphatic rings. The van der Waals surface area contributed by atoms with Gasteiger partial charge in [-0.15, -0.1) is 0 Å². The Kier molecular flexibility index (Phi) is 3.90. The summed E-state index contributed by atoms with van der Waals surface area (Å²) < 4.78 is 0. The number of nitrogens with two attached hydrogens (primary N) is 1. The Bertz CT molecular complexity index is 418. The fraction of sp³-hybridized carbons (Fsp3) is 0.455. The number of nitro groups is 1. The lowest BCUT2D eigenvalue weighted by atomic mass is 9.95. The topological polar surface area (TPSA) is 101 Å². The van der Waals surface area contributed by atoms with Crippen LogP contribution in [0.4, 0.5) is 17.1 Å². The number of rotatable bonds is 5. The van der Waals surface area contributed by atoms with Gasteiger partial charge in [-0.1, -0.05) is 13.8 Å². The second-order valence-electron chi connectivity index (χ2n) is 4.70. The van der Waals surface area contributed by atoms with Gasteiger partial charge in [0.15, 0.2) is 0 Å². The van der Waals surface area contributed by atoms with Crippen LogP contribution in [0.1, 0.15) is 13.8 Å². The molecular weight excluding hydrogens is 222 g/mol. The van der Waals surface area contributed by atoms with Crippen LogP contribution in [0.5, 0.6) is 0 Å². The summed E-state index contributed by atoms with van der Waals surface area (Å²) in [6.07, 6.45) is 0. The van der Waals surface area contributed by atoms with E-state index in [0.29, 0.717) is 17.9 Å². The van der Waals surface area contributed by atoms with Crippen molar-refractivity contribution < 1.29 is 10.0 Å². The van der Waals surface area contributed by atoms with Crippen LogP contribution in [-0.4, -0.2) is 23.2 Å². The number of nitrogens with one attached hydrogen (secondary N) is 1. The zero-order valence-electron chi connectivity index (χ0n) is 9.93. The molecule has 0 aliphatic carbocycles. The molecular formula is C11H17N3O3. The smallest absolute Gasteiger partial charge is 0.271 e. The van der Waals surface area contributed by atoms with Crippen LogP contribution in [0.25, 0.3) is 0 Å². The highest BCUT2D eigenvalue weighted by Gasteiger charge is 2.17. The van der Waals surface area contributed by atoms with Crippen molar-refractivity contribution in [2.24, 2.45) is 5.41 Å². The molecule has 1 rings (SSSR count). The van der Waals surface area contributed by atoms with Gasteiger partial charge in [0.2, 0.25) is 0 Å². The average Bonchev–Trinajstić information content (AvgIpc) is 2.27. The molecule has 4 N–H and O–H groups in total. The fourth-order valence-electron chi connectivity index (χ4n) is 1.22. The highest BCUT2D eigenvalue weighted by atomic mass is 16.6. The second kappa shape index (κ2) is 5.01. The van der Waals surface area contributed by atoms with Gasteiger partial charge in [-0.25, -0.2) is 0 Å². The Morgan fingerprint density at radius 1 is 1.53 bits per heavy atom. The summed E-state index contributed by atoms with van der Waals surface area (Å²) >= 11 is 0. The van der Waals surface area contributed by atoms with Gasteiger partial charge in [-0.2, -0.15) is 0 Å². The van der Waals surface area contributed by atoms with Crippen molar-refractivity contribution in [1.29, 1.82) is 0 Å². The first-order chi connectivity index (χ1) is 7.85. The summed E-state index contributed by atoms with van der Waals surface area (Å²) in [6.45, 7) is 4.39. The predicted octanol–water partition coefficient (Wildman–Crippen LogP) is 1.61. The summed E-state index contributed by atoms with van der Waals surface area (Å²) in [5.74, 6) is 0. The third-order valence-corrected chi connectivity index (χ3v) is 2.43. The maximum atomic E-state index is 10.5. The predicted molar refractivity (Wildman–Crippen MR) is 66.9 cm³/mol. The summed E-state index contributed by atoms with van der Waals surface area (Å²) in [5, 5.41) is 22.7. The van der Waals surface area contributed by atoms with E-state index in [0.717, 1.165) is 0 Å². The molecule has 1 aromatic rings. The van der Waals surface area contributed by atoms with Crippen LogP contribution < -0.4 is 11.1 Å². The fourth-order valence-corrected chi connectivity index (χ4v) is 1.22. The van der Waals surface area contributed by atoms with E-state index in [1.807, 2.05) is 13.8 Å². The number of anilines is 2. The molecule has 0 atom stereocenters. The maximum Gasteiger partial charge on any atom is 0.271 e. The highest BCUT2D eigenvalue weighted by Crippen LogP contribution is 2.25. The van der Waals surface area contributed by atoms with Gasteiger partial charge >= 0.3 is 0 Å². The lowest BCUT2D eigenvalue weighted by Crippen LogP contribution is -2.27. The molecule has 0 unspecified atom stereocenters. The van der Waals surface area contributed by atoms with E-state index in [4.69, 9.17) is 10.8 Å². The van der Waals surface area contributed by atoms with E-state index in [2.05, 4.69) is 5.32 Å². The number of nitro benzene ring substituents is 1. The Morgan fingerprint density at radius 2 is 2.18 bits per heavy atom. The molecule has 0 spiro atoms. The molecule has 0 radical (unpaired) electrons. The minimum absolute atomic E-state index is 0.0329. The molecule has 0 bridgehead atoms. The molecule has 1 aromatic carbocycles. The summed E-state index contributed by atoms with van der Waals surface area (Å²) in [4.78, 5) is 10.0. The standard InChI is InChI=1S/C11H17N3O3/c1-11(2,7-15)6-13-10-4-3-8(14(16)17)5-9(10)12/h3-5,13,15H,6-7,12H2,1-2H3. The van der Waals surface area contributed by atoms with E-state index in [9.17, 15) is 10.1 Å². The summed E-state index contributed by atoms with van der Waals surface area (Å²) in [7, 11) is 0. The molecule has 0 amide bonds. The Labute approximate surface area is 99.6 Å². The number of aliphatic hydroxyl groups is 1. The van der Waals surface area contributed by atoms with E-state index >= 15 is 0 Å². The van der Waals surface area contributed by atoms with Crippen LogP contribution >= 0.6 is 0 Å². The number of non-ortho nitro benzene ring substituents is 1. The normalized spacial score (nSPS) is 11.2. The van der Waals surface area contributed by atoms with Crippen LogP contribution in [0.2, 0.25) is 0 Å². The van der Waals surface area contributed by atoms with Crippen molar-refractivity contribution >= 4 is 17.1 Å². The number of aliphatic hydroxyl groups excluding tert-OH is 1. The van der Waals surface area contributed by atoms with Crippen molar-refractivity contribution in [1.82, 2.24) is 0 Å². The van der Waals surface area contributed by atoms with Crippen LogP contribution in [0.3, 0.4) is 0 Å². The number of hydrogen-bond donors (Lipinski definition) is 3. The van der Waals surface area contributed by atoms with Crippen molar-refractivity contribution in [3.05, 3.63) is 28.3 Å². The van der Waals surface area contributed by atoms with E-state index in [1.165, 1.54) is 12.1 Å². The van der Waals surface area contributed by atoms with Crippen molar-refractivity contribution in [3.63, 3.8) is 0 Å². The van der Waals surface area contributed by atoms with E-state index in [-0.39, 0.29) is 17.7 Å². The first-order valence-corrected chi connectivity index (χ1v) is 5.24. The molecule has 0 fully saturated rings. The number of nitrogen functional groups attached to an aromatic ring is 1. The zero-order chi connectivity index (χ0) is 13.1. The van der Waals surface area contributed by atoms with Crippen molar-refractivity contribution in [2.45, 2.75) is 13.8 Å². The molecule has 0 heterocycles. The van der Waals surface area contributed by atoms with Gasteiger partial charge in [0, 0.05) is 30.7 Å². The lowest BCUT2D eigenvalue weighted by molar-refractivity contribution is -0.384. The van der Waals surface area contributed by atoms with Gasteiger partial charge in [0.25, 0.3) is 5.69 Å². The minimum atomic E-state index is -0.488. The largest absolute Gasteiger partial charge is 0.397 e. The first kappa shape index (κ1) is 13.2. The molecule has 17 heavy (non-hydrogen) atoms. The quantitative estimate of drug-likeness (QED) is 0.411. The number of nitrogens with zero attached hydrogens (tertiary/aromatic N) is 1. The second-order valence-corrected chi connectivity index (χ2v) is 4.70. The van der Waals surface area contributed by atoms with Gasteiger partial charge in [0.05, 0.1) is 16.3 Å². The average molecular weight is 239 g/mol. The monoisotopic (exact) mass is 239 g/mol. The van der Waals surface area contributed by atoms with Gasteiger partial charge in [-0.05, 0) is 6.07 Å². The SMILES string of the molecule is CC(C)(CO)CNc1ccc([N+](=O)[O-])cc1N. The molecule has 6 heteroatoms. The molecule has 0 aromatic heterocycles. The summed E-state index contributed by atoms with van der Waals surface area (Å²) in [5.41, 5.74) is 6.36. The Morgan fingerprint density at radius 3 is 2.65 bits per heavy atom. The number of benzene rings is 1. The van der Waals surface area contributed by atoms with Crippen LogP contribution in [0, 0.1) is 15.5 Å². The molecule has 94 valence electrons. The number of hydrogen-bond acceptors (Lipinski definition) is 5. The third-order valence-electron chi connectivity index (χ3n) is 2.43. The Hall–Kier alpha value is -1.82. The lowest BCUT2D eigenvalue weighted by Gasteiger charge is -2.23. The molecule has 0 saturated heterocycles. The maximum absolute atomic E-state index is 10.5. The highest BCUT2D eigenvalue weighted by molar-refractivity contribution is 5.69.